The van der Waals surface area contributed by atoms with Crippen molar-refractivity contribution in [3.63, 3.8) is 0 Å². The minimum Gasteiger partial charge on any atom is -0.404 e. The molecule has 0 amide bonds. The van der Waals surface area contributed by atoms with Crippen LogP contribution in [0.4, 0.5) is 0 Å². The third kappa shape index (κ3) is 4.55. The SMILES string of the molecule is CC(C)(C)c1c(CO)ccc(OP(=O)(O)O)c1C(C)(C)C. The Kier molecular flexibility index (Phi) is 4.96. The third-order valence-corrected chi connectivity index (χ3v) is 3.58. The predicted octanol–water partition coefficient (Wildman–Crippen LogP) is 3.25. The van der Waals surface area contributed by atoms with Crippen LogP contribution in [0.2, 0.25) is 0 Å². The zero-order valence-electron chi connectivity index (χ0n) is 13.5. The number of hydrogen-bond donors (Lipinski definition) is 3. The molecule has 0 saturated heterocycles. The van der Waals surface area contributed by atoms with Crippen LogP contribution in [0.15, 0.2) is 12.1 Å². The van der Waals surface area contributed by atoms with E-state index in [4.69, 9.17) is 14.3 Å². The Labute approximate surface area is 126 Å². The van der Waals surface area contributed by atoms with Crippen LogP contribution in [0, 0.1) is 0 Å². The van der Waals surface area contributed by atoms with Gasteiger partial charge in [0.25, 0.3) is 0 Å². The van der Waals surface area contributed by atoms with Crippen molar-refractivity contribution in [3.05, 3.63) is 28.8 Å². The molecule has 0 radical (unpaired) electrons. The molecule has 1 rings (SSSR count). The topological polar surface area (TPSA) is 87.0 Å². The van der Waals surface area contributed by atoms with Gasteiger partial charge in [0.1, 0.15) is 5.75 Å². The molecule has 0 fully saturated rings. The molecule has 3 N–H and O–H groups in total. The van der Waals surface area contributed by atoms with E-state index >= 15 is 0 Å². The molecule has 5 nitrogen and oxygen atoms in total. The van der Waals surface area contributed by atoms with Crippen LogP contribution in [0.3, 0.4) is 0 Å². The summed E-state index contributed by atoms with van der Waals surface area (Å²) in [6, 6.07) is 3.17. The molecule has 21 heavy (non-hydrogen) atoms. The van der Waals surface area contributed by atoms with Gasteiger partial charge in [0.15, 0.2) is 0 Å². The van der Waals surface area contributed by atoms with Crippen LogP contribution in [-0.2, 0) is 22.0 Å². The van der Waals surface area contributed by atoms with Crippen molar-refractivity contribution in [3.8, 4) is 5.75 Å². The third-order valence-electron chi connectivity index (χ3n) is 3.14. The second-order valence-electron chi connectivity index (χ2n) is 7.21. The molecule has 0 aliphatic carbocycles. The van der Waals surface area contributed by atoms with Crippen LogP contribution >= 0.6 is 7.82 Å². The van der Waals surface area contributed by atoms with Crippen molar-refractivity contribution in [2.45, 2.75) is 59.0 Å². The van der Waals surface area contributed by atoms with Crippen molar-refractivity contribution >= 4 is 7.82 Å². The molecule has 0 spiro atoms. The molecule has 120 valence electrons. The Bertz CT molecular complexity index is 561. The van der Waals surface area contributed by atoms with Crippen LogP contribution < -0.4 is 4.52 Å². The van der Waals surface area contributed by atoms with E-state index in [1.165, 1.54) is 6.07 Å². The molecule has 0 aromatic heterocycles. The van der Waals surface area contributed by atoms with E-state index in [1.807, 2.05) is 41.5 Å². The molecule has 0 bridgehead atoms. The molecule has 1 aromatic rings. The number of phosphoric ester groups is 1. The van der Waals surface area contributed by atoms with Crippen molar-refractivity contribution < 1.29 is 24.0 Å². The minimum atomic E-state index is -4.64. The van der Waals surface area contributed by atoms with Crippen molar-refractivity contribution in [1.82, 2.24) is 0 Å². The summed E-state index contributed by atoms with van der Waals surface area (Å²) in [4.78, 5) is 18.2. The fraction of sp³-hybridized carbons (Fsp3) is 0.600. The van der Waals surface area contributed by atoms with Gasteiger partial charge in [-0.05, 0) is 28.0 Å². The highest BCUT2D eigenvalue weighted by Gasteiger charge is 2.32. The Balaban J connectivity index is 3.74. The molecule has 0 heterocycles. The fourth-order valence-corrected chi connectivity index (χ4v) is 2.97. The van der Waals surface area contributed by atoms with Crippen LogP contribution in [-0.4, -0.2) is 14.9 Å². The summed E-state index contributed by atoms with van der Waals surface area (Å²) in [6.07, 6.45) is 0. The highest BCUT2D eigenvalue weighted by Crippen LogP contribution is 2.47. The monoisotopic (exact) mass is 316 g/mol. The van der Waals surface area contributed by atoms with Gasteiger partial charge in [0.05, 0.1) is 6.61 Å². The van der Waals surface area contributed by atoms with E-state index in [1.54, 1.807) is 6.07 Å². The van der Waals surface area contributed by atoms with Gasteiger partial charge >= 0.3 is 7.82 Å². The zero-order valence-corrected chi connectivity index (χ0v) is 14.4. The Morgan fingerprint density at radius 3 is 1.81 bits per heavy atom. The lowest BCUT2D eigenvalue weighted by Crippen LogP contribution is -2.25. The summed E-state index contributed by atoms with van der Waals surface area (Å²) in [5.41, 5.74) is 1.63. The van der Waals surface area contributed by atoms with E-state index in [-0.39, 0.29) is 17.8 Å². The smallest absolute Gasteiger partial charge is 0.404 e. The first-order valence-corrected chi connectivity index (χ1v) is 8.33. The first kappa shape index (κ1) is 18.2. The summed E-state index contributed by atoms with van der Waals surface area (Å²) in [5, 5.41) is 9.60. The molecular formula is C15H25O5P. The van der Waals surface area contributed by atoms with Gasteiger partial charge in [-0.15, -0.1) is 0 Å². The van der Waals surface area contributed by atoms with E-state index in [9.17, 15) is 9.67 Å². The molecule has 0 aliphatic rings. The highest BCUT2D eigenvalue weighted by molar-refractivity contribution is 7.46. The molecule has 0 saturated carbocycles. The van der Waals surface area contributed by atoms with Gasteiger partial charge < -0.3 is 9.63 Å². The molecule has 0 aliphatic heterocycles. The molecule has 6 heteroatoms. The summed E-state index contributed by atoms with van der Waals surface area (Å²) in [6.45, 7) is 11.7. The van der Waals surface area contributed by atoms with Crippen LogP contribution in [0.5, 0.6) is 5.75 Å². The fourth-order valence-electron chi connectivity index (χ4n) is 2.56. The largest absolute Gasteiger partial charge is 0.524 e. The van der Waals surface area contributed by atoms with Crippen molar-refractivity contribution in [1.29, 1.82) is 0 Å². The number of benzene rings is 1. The summed E-state index contributed by atoms with van der Waals surface area (Å²) >= 11 is 0. The van der Waals surface area contributed by atoms with E-state index in [0.717, 1.165) is 11.1 Å². The van der Waals surface area contributed by atoms with Gasteiger partial charge in [-0.3, -0.25) is 9.79 Å². The van der Waals surface area contributed by atoms with Crippen molar-refractivity contribution in [2.24, 2.45) is 0 Å². The summed E-state index contributed by atoms with van der Waals surface area (Å²) in [7, 11) is -4.64. The second kappa shape index (κ2) is 5.73. The molecule has 0 unspecified atom stereocenters. The van der Waals surface area contributed by atoms with Gasteiger partial charge in [0, 0.05) is 5.56 Å². The average molecular weight is 316 g/mol. The average Bonchev–Trinajstić information content (AvgIpc) is 2.23. The van der Waals surface area contributed by atoms with Gasteiger partial charge in [-0.25, -0.2) is 4.57 Å². The summed E-state index contributed by atoms with van der Waals surface area (Å²) < 4.78 is 16.1. The second-order valence-corrected chi connectivity index (χ2v) is 8.38. The number of rotatable bonds is 3. The number of aliphatic hydroxyl groups excluding tert-OH is 1. The normalized spacial score (nSPS) is 13.4. The summed E-state index contributed by atoms with van der Waals surface area (Å²) in [5.74, 6) is 0.165. The van der Waals surface area contributed by atoms with Crippen LogP contribution in [0.1, 0.15) is 58.2 Å². The number of hydrogen-bond acceptors (Lipinski definition) is 3. The van der Waals surface area contributed by atoms with E-state index in [2.05, 4.69) is 0 Å². The van der Waals surface area contributed by atoms with Gasteiger partial charge in [-0.2, -0.15) is 0 Å². The standard InChI is InChI=1S/C15H25O5P/c1-14(2,3)12-10(9-16)7-8-11(20-21(17,18)19)13(12)15(4,5)6/h7-8,16H,9H2,1-6H3,(H2,17,18,19). The maximum atomic E-state index is 11.2. The number of phosphoric acid groups is 1. The van der Waals surface area contributed by atoms with E-state index in [0.29, 0.717) is 5.56 Å². The lowest BCUT2D eigenvalue weighted by atomic mass is 9.73. The van der Waals surface area contributed by atoms with Crippen LogP contribution in [0.25, 0.3) is 0 Å². The van der Waals surface area contributed by atoms with Gasteiger partial charge in [-0.1, -0.05) is 47.6 Å². The maximum Gasteiger partial charge on any atom is 0.524 e. The van der Waals surface area contributed by atoms with E-state index < -0.39 is 13.2 Å². The quantitative estimate of drug-likeness (QED) is 0.745. The Hall–Kier alpha value is -0.870. The Morgan fingerprint density at radius 2 is 1.48 bits per heavy atom. The lowest BCUT2D eigenvalue weighted by molar-refractivity contribution is 0.274. The highest BCUT2D eigenvalue weighted by atomic mass is 31.2. The maximum absolute atomic E-state index is 11.2. The van der Waals surface area contributed by atoms with Crippen molar-refractivity contribution in [2.75, 3.05) is 0 Å². The lowest BCUT2D eigenvalue weighted by Gasteiger charge is -2.33. The predicted molar refractivity (Wildman–Crippen MR) is 82.4 cm³/mol. The Morgan fingerprint density at radius 1 is 1.00 bits per heavy atom. The minimum absolute atomic E-state index is 0.133. The number of aliphatic hydroxyl groups is 1. The first-order valence-electron chi connectivity index (χ1n) is 6.80. The molecular weight excluding hydrogens is 291 g/mol. The van der Waals surface area contributed by atoms with Gasteiger partial charge in [0.2, 0.25) is 0 Å². The molecule has 0 atom stereocenters. The molecule has 1 aromatic carbocycles. The zero-order chi connectivity index (χ0) is 16.6. The first-order chi connectivity index (χ1) is 9.27.